The third-order valence-electron chi connectivity index (χ3n) is 9.04. The number of hydrogen-bond acceptors (Lipinski definition) is 2. The molecular weight excluding hydrogens is 408 g/mol. The molecule has 2 nitrogen and oxygen atoms in total. The van der Waals surface area contributed by atoms with Crippen molar-refractivity contribution in [3.05, 3.63) is 47.2 Å². The number of fused-ring (bicyclic) bond motifs is 1. The van der Waals surface area contributed by atoms with Gasteiger partial charge in [0.25, 0.3) is 0 Å². The molecule has 1 atom stereocenters. The molecule has 0 saturated heterocycles. The molecule has 0 spiro atoms. The Balaban J connectivity index is 1.71. The molecule has 1 heterocycles. The zero-order valence-electron chi connectivity index (χ0n) is 21.0. The van der Waals surface area contributed by atoms with Crippen LogP contribution >= 0.6 is 0 Å². The number of rotatable bonds is 8. The van der Waals surface area contributed by atoms with Crippen molar-refractivity contribution < 1.29 is 9.21 Å². The van der Waals surface area contributed by atoms with Gasteiger partial charge in [0.05, 0.1) is 8.07 Å². The van der Waals surface area contributed by atoms with E-state index in [2.05, 4.69) is 41.5 Å². The molecule has 1 aromatic heterocycles. The van der Waals surface area contributed by atoms with Gasteiger partial charge in [-0.2, -0.15) is 0 Å². The number of Topliss-reactive ketones (excluding diaryl/α,β-unsaturated/α-hetero) is 1. The second kappa shape index (κ2) is 9.33. The molecule has 4 rings (SSSR count). The first-order valence-corrected chi connectivity index (χ1v) is 15.5. The predicted octanol–water partition coefficient (Wildman–Crippen LogP) is 9.19. The van der Waals surface area contributed by atoms with Crippen molar-refractivity contribution in [2.45, 2.75) is 103 Å². The molecule has 2 aliphatic carbocycles. The van der Waals surface area contributed by atoms with Crippen molar-refractivity contribution in [2.75, 3.05) is 0 Å². The lowest BCUT2D eigenvalue weighted by atomic mass is 9.67. The number of benzene rings is 1. The van der Waals surface area contributed by atoms with Crippen LogP contribution < -0.4 is 0 Å². The summed E-state index contributed by atoms with van der Waals surface area (Å²) in [5.41, 5.74) is 5.63. The van der Waals surface area contributed by atoms with Crippen molar-refractivity contribution >= 4 is 24.8 Å². The Labute approximate surface area is 195 Å². The van der Waals surface area contributed by atoms with E-state index in [9.17, 15) is 4.79 Å². The highest BCUT2D eigenvalue weighted by Gasteiger charge is 2.48. The summed E-state index contributed by atoms with van der Waals surface area (Å²) >= 11 is 0. The highest BCUT2D eigenvalue weighted by atomic mass is 28.3. The molecule has 1 fully saturated rings. The van der Waals surface area contributed by atoms with Gasteiger partial charge in [-0.05, 0) is 49.3 Å². The number of carbonyl (C=O) groups is 1. The maximum atomic E-state index is 13.9. The Morgan fingerprint density at radius 1 is 0.969 bits per heavy atom. The first-order chi connectivity index (χ1) is 15.3. The zero-order chi connectivity index (χ0) is 23.0. The average molecular weight is 451 g/mol. The number of para-hydroxylation sites is 1. The van der Waals surface area contributed by atoms with Gasteiger partial charge in [-0.25, -0.2) is 0 Å². The standard InChI is InChI=1S/C29H42O2Si/c1-19(2)32(20(3)4,21(5)6)18-24-16-25(22-12-8-7-9-13-22)28(24)29(30)27-17-23-14-10-11-15-26(23)31-27/h10-11,14-15,17,19-22,24H,7-9,12-13,16,18H2,1-6H3. The van der Waals surface area contributed by atoms with Crippen LogP contribution in [0.4, 0.5) is 0 Å². The van der Waals surface area contributed by atoms with E-state index < -0.39 is 8.07 Å². The molecule has 0 amide bonds. The highest BCUT2D eigenvalue weighted by molar-refractivity contribution is 6.83. The average Bonchev–Trinajstić information content (AvgIpc) is 3.17. The monoisotopic (exact) mass is 450 g/mol. The summed E-state index contributed by atoms with van der Waals surface area (Å²) in [6.45, 7) is 14.7. The fourth-order valence-electron chi connectivity index (χ4n) is 7.31. The molecule has 3 heteroatoms. The van der Waals surface area contributed by atoms with E-state index >= 15 is 0 Å². The number of hydrogen-bond donors (Lipinski definition) is 0. The Bertz CT molecular complexity index is 933. The first-order valence-electron chi connectivity index (χ1n) is 13.0. The SMILES string of the molecule is CC(C)[Si](CC1CC(C2CCCCC2)=C1C(=O)c1cc2ccccc2o1)(C(C)C)C(C)C. The highest BCUT2D eigenvalue weighted by Crippen LogP contribution is 2.54. The molecule has 1 aromatic carbocycles. The summed E-state index contributed by atoms with van der Waals surface area (Å²) < 4.78 is 6.07. The summed E-state index contributed by atoms with van der Waals surface area (Å²) in [6.07, 6.45) is 7.65. The van der Waals surface area contributed by atoms with Gasteiger partial charge in [0.15, 0.2) is 5.76 Å². The van der Waals surface area contributed by atoms with Crippen LogP contribution in [0.1, 0.15) is 90.6 Å². The summed E-state index contributed by atoms with van der Waals surface area (Å²) in [4.78, 5) is 13.9. The zero-order valence-corrected chi connectivity index (χ0v) is 22.0. The topological polar surface area (TPSA) is 30.2 Å². The summed E-state index contributed by atoms with van der Waals surface area (Å²) in [7, 11) is -1.58. The van der Waals surface area contributed by atoms with Crippen LogP contribution in [0.5, 0.6) is 0 Å². The Kier molecular flexibility index (Phi) is 6.86. The Morgan fingerprint density at radius 2 is 1.59 bits per heavy atom. The molecule has 1 saturated carbocycles. The van der Waals surface area contributed by atoms with E-state index in [0.29, 0.717) is 17.6 Å². The minimum absolute atomic E-state index is 0.178. The predicted molar refractivity (Wildman–Crippen MR) is 138 cm³/mol. The fourth-order valence-corrected chi connectivity index (χ4v) is 13.9. The number of ketones is 1. The quantitative estimate of drug-likeness (QED) is 0.296. The minimum Gasteiger partial charge on any atom is -0.453 e. The van der Waals surface area contributed by atoms with Crippen LogP contribution in [0.3, 0.4) is 0 Å². The maximum absolute atomic E-state index is 13.9. The van der Waals surface area contributed by atoms with Gasteiger partial charge >= 0.3 is 0 Å². The summed E-state index contributed by atoms with van der Waals surface area (Å²) in [5, 5.41) is 1.03. The molecule has 32 heavy (non-hydrogen) atoms. The van der Waals surface area contributed by atoms with E-state index in [4.69, 9.17) is 4.42 Å². The van der Waals surface area contributed by atoms with Crippen LogP contribution in [0.2, 0.25) is 22.7 Å². The maximum Gasteiger partial charge on any atom is 0.224 e. The van der Waals surface area contributed by atoms with Crippen molar-refractivity contribution in [1.82, 2.24) is 0 Å². The van der Waals surface area contributed by atoms with Crippen molar-refractivity contribution in [1.29, 1.82) is 0 Å². The van der Waals surface area contributed by atoms with E-state index in [1.807, 2.05) is 30.3 Å². The third-order valence-corrected chi connectivity index (χ3v) is 16.7. The van der Waals surface area contributed by atoms with E-state index in [0.717, 1.165) is 39.6 Å². The van der Waals surface area contributed by atoms with E-state index in [1.54, 1.807) is 0 Å². The van der Waals surface area contributed by atoms with E-state index in [1.165, 1.54) is 43.7 Å². The van der Waals surface area contributed by atoms with Crippen molar-refractivity contribution in [3.63, 3.8) is 0 Å². The molecule has 174 valence electrons. The second-order valence-corrected chi connectivity index (χ2v) is 17.5. The van der Waals surface area contributed by atoms with E-state index in [-0.39, 0.29) is 5.78 Å². The lowest BCUT2D eigenvalue weighted by Gasteiger charge is -2.49. The molecule has 0 radical (unpaired) electrons. The van der Waals surface area contributed by atoms with Crippen molar-refractivity contribution in [3.8, 4) is 0 Å². The Morgan fingerprint density at radius 3 is 2.19 bits per heavy atom. The smallest absolute Gasteiger partial charge is 0.224 e. The second-order valence-electron chi connectivity index (χ2n) is 11.4. The van der Waals surface area contributed by atoms with Gasteiger partial charge in [-0.15, -0.1) is 0 Å². The third kappa shape index (κ3) is 4.06. The number of carbonyl (C=O) groups excluding carboxylic acids is 1. The van der Waals surface area contributed by atoms with Gasteiger partial charge in [-0.1, -0.05) is 101 Å². The van der Waals surface area contributed by atoms with Gasteiger partial charge in [0.1, 0.15) is 5.58 Å². The molecule has 2 aliphatic rings. The normalized spacial score (nSPS) is 20.6. The summed E-state index contributed by atoms with van der Waals surface area (Å²) in [5.74, 6) is 1.77. The van der Waals surface area contributed by atoms with Crippen LogP contribution in [-0.4, -0.2) is 13.9 Å². The number of allylic oxidation sites excluding steroid dienone is 2. The number of furan rings is 1. The Hall–Kier alpha value is -1.61. The van der Waals surface area contributed by atoms with Gasteiger partial charge in [0, 0.05) is 11.0 Å². The molecule has 0 bridgehead atoms. The minimum atomic E-state index is -1.58. The lowest BCUT2D eigenvalue weighted by Crippen LogP contribution is -2.48. The van der Waals surface area contributed by atoms with Crippen LogP contribution in [0.25, 0.3) is 11.0 Å². The molecule has 2 aromatic rings. The van der Waals surface area contributed by atoms with Gasteiger partial charge in [-0.3, -0.25) is 4.79 Å². The largest absolute Gasteiger partial charge is 0.453 e. The lowest BCUT2D eigenvalue weighted by molar-refractivity contribution is 0.0982. The fraction of sp³-hybridized carbons (Fsp3) is 0.621. The summed E-state index contributed by atoms with van der Waals surface area (Å²) in [6, 6.07) is 11.2. The van der Waals surface area contributed by atoms with Crippen LogP contribution in [0, 0.1) is 11.8 Å². The molecule has 1 unspecified atom stereocenters. The molecule has 0 aliphatic heterocycles. The van der Waals surface area contributed by atoms with Crippen LogP contribution in [0.15, 0.2) is 45.9 Å². The van der Waals surface area contributed by atoms with Crippen molar-refractivity contribution in [2.24, 2.45) is 11.8 Å². The molecule has 0 N–H and O–H groups in total. The van der Waals surface area contributed by atoms with Gasteiger partial charge < -0.3 is 4.42 Å². The van der Waals surface area contributed by atoms with Crippen LogP contribution in [-0.2, 0) is 0 Å². The van der Waals surface area contributed by atoms with Gasteiger partial charge in [0.2, 0.25) is 5.78 Å². The molecular formula is C29H42O2Si. The first kappa shape index (κ1) is 23.5.